The first kappa shape index (κ1) is 12.7. The van der Waals surface area contributed by atoms with Crippen LogP contribution in [0.2, 0.25) is 0 Å². The van der Waals surface area contributed by atoms with E-state index in [4.69, 9.17) is 19.7 Å². The molecule has 1 aliphatic heterocycles. The summed E-state index contributed by atoms with van der Waals surface area (Å²) in [6, 6.07) is 5.30. The summed E-state index contributed by atoms with van der Waals surface area (Å²) in [5.74, 6) is 0.296. The summed E-state index contributed by atoms with van der Waals surface area (Å²) >= 11 is 0. The fourth-order valence-electron chi connectivity index (χ4n) is 1.73. The summed E-state index contributed by atoms with van der Waals surface area (Å²) in [7, 11) is 0. The van der Waals surface area contributed by atoms with E-state index in [1.165, 1.54) is 0 Å². The Bertz CT molecular complexity index is 443. The minimum absolute atomic E-state index is 0.0611. The van der Waals surface area contributed by atoms with Crippen LogP contribution in [-0.4, -0.2) is 35.5 Å². The monoisotopic (exact) mass is 252 g/mol. The molecule has 2 N–H and O–H groups in total. The predicted octanol–water partition coefficient (Wildman–Crippen LogP) is 1.08. The molecule has 2 rings (SSSR count). The van der Waals surface area contributed by atoms with E-state index in [-0.39, 0.29) is 12.5 Å². The minimum Gasteiger partial charge on any atom is -0.493 e. The summed E-state index contributed by atoms with van der Waals surface area (Å²) in [6.07, 6.45) is -0.413. The molecule has 0 saturated carbocycles. The Labute approximate surface area is 105 Å². The number of aliphatic carboxylic acids is 1. The Hall–Kier alpha value is -1.75. The molecular formula is C13H16O5. The first-order chi connectivity index (χ1) is 8.60. The van der Waals surface area contributed by atoms with Crippen LogP contribution in [0.5, 0.6) is 11.5 Å². The third kappa shape index (κ3) is 2.73. The number of hydrogen-bond acceptors (Lipinski definition) is 4. The minimum atomic E-state index is -0.956. The molecule has 1 aromatic carbocycles. The lowest BCUT2D eigenvalue weighted by molar-refractivity contribution is -0.144. The molecule has 0 spiro atoms. The van der Waals surface area contributed by atoms with Crippen molar-refractivity contribution >= 4 is 5.97 Å². The second kappa shape index (κ2) is 5.27. The molecule has 5 nitrogen and oxygen atoms in total. The van der Waals surface area contributed by atoms with Gasteiger partial charge in [0.15, 0.2) is 6.10 Å². The second-order valence-electron chi connectivity index (χ2n) is 4.52. The Morgan fingerprint density at radius 3 is 3.06 bits per heavy atom. The summed E-state index contributed by atoms with van der Waals surface area (Å²) in [5, 5.41) is 17.8. The van der Waals surface area contributed by atoms with Gasteiger partial charge in [-0.2, -0.15) is 0 Å². The lowest BCUT2D eigenvalue weighted by atomic mass is 10.1. The van der Waals surface area contributed by atoms with Gasteiger partial charge in [-0.05, 0) is 11.6 Å². The summed E-state index contributed by atoms with van der Waals surface area (Å²) in [4.78, 5) is 10.8. The van der Waals surface area contributed by atoms with Crippen molar-refractivity contribution in [3.63, 3.8) is 0 Å². The maximum atomic E-state index is 10.8. The predicted molar refractivity (Wildman–Crippen MR) is 63.9 cm³/mol. The zero-order valence-electron chi connectivity index (χ0n) is 10.1. The van der Waals surface area contributed by atoms with E-state index >= 15 is 0 Å². The van der Waals surface area contributed by atoms with Gasteiger partial charge in [0, 0.05) is 25.0 Å². The van der Waals surface area contributed by atoms with Crippen LogP contribution < -0.4 is 9.47 Å². The third-order valence-corrected chi connectivity index (χ3v) is 2.83. The SMILES string of the molecule is CC(CO)COc1ccc2c(c1)OC(C(=O)O)C2. The number of carbonyl (C=O) groups is 1. The van der Waals surface area contributed by atoms with Crippen molar-refractivity contribution in [2.45, 2.75) is 19.4 Å². The zero-order valence-corrected chi connectivity index (χ0v) is 10.1. The Morgan fingerprint density at radius 2 is 2.39 bits per heavy atom. The van der Waals surface area contributed by atoms with Crippen molar-refractivity contribution < 1.29 is 24.5 Å². The van der Waals surface area contributed by atoms with Crippen molar-refractivity contribution in [1.82, 2.24) is 0 Å². The number of aliphatic hydroxyl groups excluding tert-OH is 1. The van der Waals surface area contributed by atoms with Crippen LogP contribution in [0.1, 0.15) is 12.5 Å². The van der Waals surface area contributed by atoms with Gasteiger partial charge in [-0.1, -0.05) is 13.0 Å². The highest BCUT2D eigenvalue weighted by molar-refractivity contribution is 5.74. The van der Waals surface area contributed by atoms with Gasteiger partial charge in [0.2, 0.25) is 0 Å². The molecule has 0 radical (unpaired) electrons. The molecular weight excluding hydrogens is 236 g/mol. The van der Waals surface area contributed by atoms with Gasteiger partial charge in [0.1, 0.15) is 11.5 Å². The van der Waals surface area contributed by atoms with E-state index in [0.29, 0.717) is 24.5 Å². The van der Waals surface area contributed by atoms with Crippen molar-refractivity contribution in [3.05, 3.63) is 23.8 Å². The fourth-order valence-corrected chi connectivity index (χ4v) is 1.73. The Balaban J connectivity index is 2.02. The van der Waals surface area contributed by atoms with Gasteiger partial charge in [-0.3, -0.25) is 0 Å². The summed E-state index contributed by atoms with van der Waals surface area (Å²) < 4.78 is 10.8. The maximum Gasteiger partial charge on any atom is 0.345 e. The highest BCUT2D eigenvalue weighted by atomic mass is 16.5. The molecule has 1 heterocycles. The smallest absolute Gasteiger partial charge is 0.345 e. The molecule has 1 aliphatic rings. The molecule has 0 fully saturated rings. The van der Waals surface area contributed by atoms with E-state index in [2.05, 4.69) is 0 Å². The lowest BCUT2D eigenvalue weighted by Gasteiger charge is -2.11. The van der Waals surface area contributed by atoms with E-state index in [9.17, 15) is 4.79 Å². The molecule has 0 aliphatic carbocycles. The Morgan fingerprint density at radius 1 is 1.61 bits per heavy atom. The van der Waals surface area contributed by atoms with E-state index in [1.54, 1.807) is 12.1 Å². The first-order valence-corrected chi connectivity index (χ1v) is 5.86. The third-order valence-electron chi connectivity index (χ3n) is 2.83. The first-order valence-electron chi connectivity index (χ1n) is 5.86. The van der Waals surface area contributed by atoms with Crippen LogP contribution in [0.4, 0.5) is 0 Å². The van der Waals surface area contributed by atoms with E-state index < -0.39 is 12.1 Å². The highest BCUT2D eigenvalue weighted by Gasteiger charge is 2.28. The van der Waals surface area contributed by atoms with Crippen LogP contribution in [0.25, 0.3) is 0 Å². The number of ether oxygens (including phenoxy) is 2. The van der Waals surface area contributed by atoms with Crippen LogP contribution in [0.3, 0.4) is 0 Å². The van der Waals surface area contributed by atoms with Gasteiger partial charge >= 0.3 is 5.97 Å². The van der Waals surface area contributed by atoms with Crippen LogP contribution in [-0.2, 0) is 11.2 Å². The normalized spacial score (nSPS) is 18.9. The average Bonchev–Trinajstić information content (AvgIpc) is 2.79. The van der Waals surface area contributed by atoms with Crippen LogP contribution in [0.15, 0.2) is 18.2 Å². The van der Waals surface area contributed by atoms with Gasteiger partial charge < -0.3 is 19.7 Å². The average molecular weight is 252 g/mol. The molecule has 0 amide bonds. The molecule has 0 aromatic heterocycles. The van der Waals surface area contributed by atoms with Crippen molar-refractivity contribution in [2.24, 2.45) is 5.92 Å². The standard InChI is InChI=1S/C13H16O5/c1-8(6-14)7-17-10-3-2-9-4-12(13(15)16)18-11(9)5-10/h2-3,5,8,12,14H,4,6-7H2,1H3,(H,15,16). The molecule has 2 unspecified atom stereocenters. The summed E-state index contributed by atoms with van der Waals surface area (Å²) in [6.45, 7) is 2.37. The molecule has 1 aromatic rings. The number of rotatable bonds is 5. The van der Waals surface area contributed by atoms with E-state index in [1.807, 2.05) is 13.0 Å². The Kier molecular flexibility index (Phi) is 3.72. The lowest BCUT2D eigenvalue weighted by Crippen LogP contribution is -2.24. The van der Waals surface area contributed by atoms with E-state index in [0.717, 1.165) is 5.56 Å². The highest BCUT2D eigenvalue weighted by Crippen LogP contribution is 2.32. The van der Waals surface area contributed by atoms with Crippen LogP contribution >= 0.6 is 0 Å². The van der Waals surface area contributed by atoms with Gasteiger partial charge in [0.25, 0.3) is 0 Å². The number of benzene rings is 1. The quantitative estimate of drug-likeness (QED) is 0.820. The number of carboxylic acid groups (broad SMARTS) is 1. The molecule has 0 bridgehead atoms. The van der Waals surface area contributed by atoms with Gasteiger partial charge in [0.05, 0.1) is 6.61 Å². The molecule has 98 valence electrons. The molecule has 18 heavy (non-hydrogen) atoms. The largest absolute Gasteiger partial charge is 0.493 e. The number of hydrogen-bond donors (Lipinski definition) is 2. The number of aliphatic hydroxyl groups is 1. The van der Waals surface area contributed by atoms with Crippen molar-refractivity contribution in [1.29, 1.82) is 0 Å². The van der Waals surface area contributed by atoms with Crippen LogP contribution in [0, 0.1) is 5.92 Å². The van der Waals surface area contributed by atoms with Crippen molar-refractivity contribution in [3.8, 4) is 11.5 Å². The summed E-state index contributed by atoms with van der Waals surface area (Å²) in [5.41, 5.74) is 0.880. The fraction of sp³-hybridized carbons (Fsp3) is 0.462. The number of fused-ring (bicyclic) bond motifs is 1. The van der Waals surface area contributed by atoms with Gasteiger partial charge in [-0.25, -0.2) is 4.79 Å². The molecule has 5 heteroatoms. The zero-order chi connectivity index (χ0) is 13.1. The maximum absolute atomic E-state index is 10.8. The second-order valence-corrected chi connectivity index (χ2v) is 4.52. The van der Waals surface area contributed by atoms with Crippen molar-refractivity contribution in [2.75, 3.05) is 13.2 Å². The topological polar surface area (TPSA) is 76.0 Å². The molecule has 0 saturated heterocycles. The van der Waals surface area contributed by atoms with Gasteiger partial charge in [-0.15, -0.1) is 0 Å². The molecule has 2 atom stereocenters. The number of carboxylic acids is 1.